The van der Waals surface area contributed by atoms with E-state index in [0.29, 0.717) is 24.2 Å². The Morgan fingerprint density at radius 2 is 1.95 bits per heavy atom. The number of ketones is 1. The first-order chi connectivity index (χ1) is 9.58. The molecule has 0 amide bonds. The molecule has 20 heavy (non-hydrogen) atoms. The van der Waals surface area contributed by atoms with Crippen molar-refractivity contribution in [3.05, 3.63) is 59.0 Å². The molecule has 1 aromatic heterocycles. The third-order valence-corrected chi connectivity index (χ3v) is 2.97. The molecule has 0 bridgehead atoms. The second-order valence-corrected chi connectivity index (χ2v) is 4.80. The quantitative estimate of drug-likeness (QED) is 0.782. The second kappa shape index (κ2) is 6.18. The molecule has 0 aliphatic heterocycles. The van der Waals surface area contributed by atoms with Gasteiger partial charge in [-0.15, -0.1) is 0 Å². The summed E-state index contributed by atoms with van der Waals surface area (Å²) in [7, 11) is 1.87. The summed E-state index contributed by atoms with van der Waals surface area (Å²) < 4.78 is 5.48. The first kappa shape index (κ1) is 14.0. The molecule has 4 nitrogen and oxygen atoms in total. The summed E-state index contributed by atoms with van der Waals surface area (Å²) in [6, 6.07) is 12.5. The fourth-order valence-corrected chi connectivity index (χ4v) is 1.96. The monoisotopic (exact) mass is 268 g/mol. The lowest BCUT2D eigenvalue weighted by Gasteiger charge is -2.14. The van der Waals surface area contributed by atoms with Crippen LogP contribution in [0.3, 0.4) is 0 Å². The van der Waals surface area contributed by atoms with Gasteiger partial charge in [-0.25, -0.2) is 0 Å². The maximum atomic E-state index is 12.1. The summed E-state index contributed by atoms with van der Waals surface area (Å²) in [5, 5.41) is 8.73. The number of carbonyl (C=O) groups excluding carboxylic acids is 1. The van der Waals surface area contributed by atoms with Crippen LogP contribution >= 0.6 is 0 Å². The molecule has 0 saturated heterocycles. The third kappa shape index (κ3) is 3.56. The Kier molecular flexibility index (Phi) is 4.34. The van der Waals surface area contributed by atoms with Crippen LogP contribution in [0.4, 0.5) is 0 Å². The number of furan rings is 1. The van der Waals surface area contributed by atoms with E-state index in [4.69, 9.17) is 9.68 Å². The lowest BCUT2D eigenvalue weighted by atomic mass is 10.1. The van der Waals surface area contributed by atoms with E-state index in [-0.39, 0.29) is 5.78 Å². The van der Waals surface area contributed by atoms with Crippen molar-refractivity contribution in [2.75, 3.05) is 13.6 Å². The van der Waals surface area contributed by atoms with Gasteiger partial charge in [0.15, 0.2) is 5.78 Å². The van der Waals surface area contributed by atoms with Crippen LogP contribution in [0.15, 0.2) is 40.8 Å². The fourth-order valence-electron chi connectivity index (χ4n) is 1.96. The number of nitriles is 1. The van der Waals surface area contributed by atoms with Gasteiger partial charge in [0.05, 0.1) is 24.7 Å². The molecule has 2 rings (SSSR count). The van der Waals surface area contributed by atoms with Crippen LogP contribution in [0.1, 0.15) is 27.4 Å². The molecular formula is C16H16N2O2. The van der Waals surface area contributed by atoms with E-state index in [1.54, 1.807) is 24.3 Å². The number of hydrogen-bond donors (Lipinski definition) is 0. The van der Waals surface area contributed by atoms with Gasteiger partial charge in [0.1, 0.15) is 11.5 Å². The zero-order valence-corrected chi connectivity index (χ0v) is 11.6. The second-order valence-electron chi connectivity index (χ2n) is 4.80. The van der Waals surface area contributed by atoms with Crippen LogP contribution in [0.25, 0.3) is 0 Å². The smallest absolute Gasteiger partial charge is 0.176 e. The average molecular weight is 268 g/mol. The van der Waals surface area contributed by atoms with Crippen molar-refractivity contribution in [3.63, 3.8) is 0 Å². The maximum Gasteiger partial charge on any atom is 0.176 e. The number of rotatable bonds is 5. The summed E-state index contributed by atoms with van der Waals surface area (Å²) in [6.07, 6.45) is 0. The zero-order chi connectivity index (χ0) is 14.5. The van der Waals surface area contributed by atoms with Gasteiger partial charge in [-0.05, 0) is 38.2 Å². The Labute approximate surface area is 118 Å². The minimum Gasteiger partial charge on any atom is -0.465 e. The van der Waals surface area contributed by atoms with E-state index < -0.39 is 0 Å². The summed E-state index contributed by atoms with van der Waals surface area (Å²) in [5.74, 6) is 1.74. The Morgan fingerprint density at radius 3 is 2.50 bits per heavy atom. The summed E-state index contributed by atoms with van der Waals surface area (Å²) >= 11 is 0. The highest BCUT2D eigenvalue weighted by molar-refractivity contribution is 5.97. The van der Waals surface area contributed by atoms with Gasteiger partial charge in [0, 0.05) is 5.56 Å². The van der Waals surface area contributed by atoms with Crippen molar-refractivity contribution >= 4 is 5.78 Å². The molecule has 1 heterocycles. The fraction of sp³-hybridized carbons (Fsp3) is 0.250. The Hall–Kier alpha value is -2.38. The molecule has 0 spiro atoms. The molecule has 0 N–H and O–H groups in total. The SMILES string of the molecule is Cc1ccc(CN(C)CC(=O)c2ccc(C#N)cc2)o1. The highest BCUT2D eigenvalue weighted by atomic mass is 16.3. The molecule has 0 unspecified atom stereocenters. The average Bonchev–Trinajstić information content (AvgIpc) is 2.84. The van der Waals surface area contributed by atoms with Crippen LogP contribution in [0.2, 0.25) is 0 Å². The molecule has 0 saturated carbocycles. The molecule has 2 aromatic rings. The predicted molar refractivity (Wildman–Crippen MR) is 75.3 cm³/mol. The van der Waals surface area contributed by atoms with Gasteiger partial charge in [0.2, 0.25) is 0 Å². The van der Waals surface area contributed by atoms with Gasteiger partial charge in [0.25, 0.3) is 0 Å². The standard InChI is InChI=1S/C16H16N2O2/c1-12-3-8-15(20-12)10-18(2)11-16(19)14-6-4-13(9-17)5-7-14/h3-8H,10-11H2,1-2H3. The lowest BCUT2D eigenvalue weighted by Crippen LogP contribution is -2.25. The topological polar surface area (TPSA) is 57.2 Å². The number of carbonyl (C=O) groups is 1. The van der Waals surface area contributed by atoms with E-state index in [9.17, 15) is 4.79 Å². The highest BCUT2D eigenvalue weighted by Crippen LogP contribution is 2.10. The molecule has 0 radical (unpaired) electrons. The number of benzene rings is 1. The summed E-state index contributed by atoms with van der Waals surface area (Å²) in [5.41, 5.74) is 1.17. The lowest BCUT2D eigenvalue weighted by molar-refractivity contribution is 0.0939. The van der Waals surface area contributed by atoms with Gasteiger partial charge >= 0.3 is 0 Å². The molecule has 0 atom stereocenters. The van der Waals surface area contributed by atoms with Crippen molar-refractivity contribution in [1.29, 1.82) is 5.26 Å². The van der Waals surface area contributed by atoms with E-state index in [0.717, 1.165) is 11.5 Å². The summed E-state index contributed by atoms with van der Waals surface area (Å²) in [6.45, 7) is 2.80. The molecular weight excluding hydrogens is 252 g/mol. The Balaban J connectivity index is 1.94. The zero-order valence-electron chi connectivity index (χ0n) is 11.6. The largest absolute Gasteiger partial charge is 0.465 e. The molecule has 102 valence electrons. The number of hydrogen-bond acceptors (Lipinski definition) is 4. The van der Waals surface area contributed by atoms with Crippen LogP contribution in [0, 0.1) is 18.3 Å². The predicted octanol–water partition coefficient (Wildman–Crippen LogP) is 2.77. The molecule has 4 heteroatoms. The van der Waals surface area contributed by atoms with Crippen molar-refractivity contribution in [3.8, 4) is 6.07 Å². The number of nitrogens with zero attached hydrogens (tertiary/aromatic N) is 2. The number of aryl methyl sites for hydroxylation is 1. The van der Waals surface area contributed by atoms with Gasteiger partial charge in [-0.3, -0.25) is 9.69 Å². The van der Waals surface area contributed by atoms with Crippen molar-refractivity contribution in [2.24, 2.45) is 0 Å². The van der Waals surface area contributed by atoms with Crippen molar-refractivity contribution in [1.82, 2.24) is 4.90 Å². The first-order valence-electron chi connectivity index (χ1n) is 6.35. The van der Waals surface area contributed by atoms with Gasteiger partial charge in [-0.1, -0.05) is 12.1 Å². The first-order valence-corrected chi connectivity index (χ1v) is 6.35. The van der Waals surface area contributed by atoms with Crippen molar-refractivity contribution < 1.29 is 9.21 Å². The van der Waals surface area contributed by atoms with Crippen LogP contribution in [0.5, 0.6) is 0 Å². The molecule has 0 fully saturated rings. The minimum atomic E-state index is 0.0280. The number of Topliss-reactive ketones (excluding diaryl/α,β-unsaturated/α-hetero) is 1. The van der Waals surface area contributed by atoms with E-state index in [2.05, 4.69) is 0 Å². The van der Waals surface area contributed by atoms with Gasteiger partial charge in [-0.2, -0.15) is 5.26 Å². The highest BCUT2D eigenvalue weighted by Gasteiger charge is 2.11. The van der Waals surface area contributed by atoms with E-state index in [1.807, 2.05) is 37.1 Å². The number of likely N-dealkylation sites (N-methyl/N-ethyl adjacent to an activating group) is 1. The molecule has 0 aliphatic rings. The Morgan fingerprint density at radius 1 is 1.25 bits per heavy atom. The van der Waals surface area contributed by atoms with Crippen LogP contribution in [-0.4, -0.2) is 24.3 Å². The molecule has 1 aromatic carbocycles. The van der Waals surface area contributed by atoms with Crippen LogP contribution in [-0.2, 0) is 6.54 Å². The van der Waals surface area contributed by atoms with E-state index in [1.165, 1.54) is 0 Å². The normalized spacial score (nSPS) is 10.5. The van der Waals surface area contributed by atoms with Crippen LogP contribution < -0.4 is 0 Å². The maximum absolute atomic E-state index is 12.1. The molecule has 0 aliphatic carbocycles. The minimum absolute atomic E-state index is 0.0280. The van der Waals surface area contributed by atoms with Gasteiger partial charge < -0.3 is 4.42 Å². The van der Waals surface area contributed by atoms with Crippen molar-refractivity contribution in [2.45, 2.75) is 13.5 Å². The van der Waals surface area contributed by atoms with E-state index >= 15 is 0 Å². The Bertz CT molecular complexity index is 635. The summed E-state index contributed by atoms with van der Waals surface area (Å²) in [4.78, 5) is 14.0. The third-order valence-electron chi connectivity index (χ3n) is 2.97.